The second-order valence-electron chi connectivity index (χ2n) is 7.46. The zero-order chi connectivity index (χ0) is 19.7. The van der Waals surface area contributed by atoms with Gasteiger partial charge in [0.05, 0.1) is 10.2 Å². The van der Waals surface area contributed by atoms with Crippen molar-refractivity contribution in [2.75, 3.05) is 5.32 Å². The Kier molecular flexibility index (Phi) is 4.96. The van der Waals surface area contributed by atoms with Crippen LogP contribution in [-0.4, -0.2) is 9.97 Å². The molecule has 4 nitrogen and oxygen atoms in total. The lowest BCUT2D eigenvalue weighted by Gasteiger charge is -2.22. The molecule has 0 aliphatic heterocycles. The van der Waals surface area contributed by atoms with Crippen LogP contribution in [0.15, 0.2) is 60.8 Å². The van der Waals surface area contributed by atoms with Gasteiger partial charge in [0.15, 0.2) is 5.13 Å². The van der Waals surface area contributed by atoms with E-state index < -0.39 is 0 Å². The van der Waals surface area contributed by atoms with Gasteiger partial charge in [0.1, 0.15) is 11.4 Å². The van der Waals surface area contributed by atoms with Crippen molar-refractivity contribution in [3.63, 3.8) is 0 Å². The highest BCUT2D eigenvalue weighted by Crippen LogP contribution is 2.37. The summed E-state index contributed by atoms with van der Waals surface area (Å²) in [6, 6.07) is 17.5. The fraction of sp³-hybridized carbons (Fsp3) is 0.182. The van der Waals surface area contributed by atoms with Crippen LogP contribution in [0.4, 0.5) is 10.8 Å². The van der Waals surface area contributed by atoms with E-state index in [0.29, 0.717) is 10.9 Å². The summed E-state index contributed by atoms with van der Waals surface area (Å²) in [6.45, 7) is 6.50. The monoisotopic (exact) mass is 409 g/mol. The molecule has 0 amide bonds. The van der Waals surface area contributed by atoms with E-state index in [2.05, 4.69) is 42.1 Å². The number of nitrogens with one attached hydrogen (secondary N) is 1. The predicted octanol–water partition coefficient (Wildman–Crippen LogP) is 7.18. The molecule has 0 saturated carbocycles. The highest BCUT2D eigenvalue weighted by atomic mass is 35.5. The molecule has 142 valence electrons. The van der Waals surface area contributed by atoms with Gasteiger partial charge in [-0.25, -0.2) is 9.97 Å². The van der Waals surface area contributed by atoms with Crippen LogP contribution in [0.1, 0.15) is 26.3 Å². The number of benzene rings is 2. The van der Waals surface area contributed by atoms with Crippen molar-refractivity contribution < 1.29 is 4.74 Å². The third-order valence-electron chi connectivity index (χ3n) is 4.26. The average molecular weight is 410 g/mol. The van der Waals surface area contributed by atoms with Gasteiger partial charge in [-0.3, -0.25) is 0 Å². The van der Waals surface area contributed by atoms with Gasteiger partial charge in [-0.05, 0) is 41.8 Å². The van der Waals surface area contributed by atoms with Crippen LogP contribution in [0.25, 0.3) is 10.2 Å². The first-order valence-electron chi connectivity index (χ1n) is 8.96. The maximum atomic E-state index is 6.21. The first-order chi connectivity index (χ1) is 13.4. The van der Waals surface area contributed by atoms with Crippen LogP contribution in [-0.2, 0) is 5.41 Å². The summed E-state index contributed by atoms with van der Waals surface area (Å²) in [7, 11) is 0. The number of aromatic nitrogens is 2. The highest BCUT2D eigenvalue weighted by molar-refractivity contribution is 7.22. The van der Waals surface area contributed by atoms with Gasteiger partial charge >= 0.3 is 0 Å². The van der Waals surface area contributed by atoms with Crippen molar-refractivity contribution in [3.05, 3.63) is 71.4 Å². The van der Waals surface area contributed by atoms with Crippen molar-refractivity contribution >= 4 is 44.0 Å². The molecular formula is C22H20ClN3OS. The minimum Gasteiger partial charge on any atom is -0.437 e. The van der Waals surface area contributed by atoms with E-state index >= 15 is 0 Å². The number of anilines is 2. The molecule has 4 rings (SSSR count). The largest absolute Gasteiger partial charge is 0.437 e. The van der Waals surface area contributed by atoms with E-state index in [9.17, 15) is 0 Å². The SMILES string of the molecule is CC(C)(C)c1ccccc1Oc1ncccc1Nc1nc2ccc(Cl)cc2s1. The first kappa shape index (κ1) is 18.7. The zero-order valence-corrected chi connectivity index (χ0v) is 17.4. The van der Waals surface area contributed by atoms with Crippen LogP contribution >= 0.6 is 22.9 Å². The molecular weight excluding hydrogens is 390 g/mol. The topological polar surface area (TPSA) is 47.0 Å². The van der Waals surface area contributed by atoms with Gasteiger partial charge in [-0.15, -0.1) is 0 Å². The van der Waals surface area contributed by atoms with E-state index in [1.165, 1.54) is 11.3 Å². The van der Waals surface area contributed by atoms with E-state index in [0.717, 1.165) is 32.3 Å². The van der Waals surface area contributed by atoms with Crippen LogP contribution < -0.4 is 10.1 Å². The molecule has 0 fully saturated rings. The summed E-state index contributed by atoms with van der Waals surface area (Å²) in [5.41, 5.74) is 2.75. The van der Waals surface area contributed by atoms with Crippen molar-refractivity contribution in [1.82, 2.24) is 9.97 Å². The summed E-state index contributed by atoms with van der Waals surface area (Å²) < 4.78 is 7.24. The molecule has 0 spiro atoms. The minimum absolute atomic E-state index is 0.0364. The quantitative estimate of drug-likeness (QED) is 0.387. The number of pyridine rings is 1. The summed E-state index contributed by atoms with van der Waals surface area (Å²) >= 11 is 7.62. The lowest BCUT2D eigenvalue weighted by Crippen LogP contribution is -2.12. The Labute approximate surface area is 173 Å². The fourth-order valence-corrected chi connectivity index (χ4v) is 4.07. The van der Waals surface area contributed by atoms with E-state index in [-0.39, 0.29) is 5.41 Å². The normalized spacial score (nSPS) is 11.6. The number of hydrogen-bond donors (Lipinski definition) is 1. The van der Waals surface area contributed by atoms with Gasteiger partial charge in [-0.1, -0.05) is 61.9 Å². The Morgan fingerprint density at radius 1 is 1.04 bits per heavy atom. The average Bonchev–Trinajstić information content (AvgIpc) is 3.04. The molecule has 0 unspecified atom stereocenters. The Morgan fingerprint density at radius 3 is 2.68 bits per heavy atom. The number of nitrogens with zero attached hydrogens (tertiary/aromatic N) is 2. The van der Waals surface area contributed by atoms with Crippen molar-refractivity contribution in [1.29, 1.82) is 0 Å². The molecule has 2 aromatic carbocycles. The minimum atomic E-state index is -0.0364. The van der Waals surface area contributed by atoms with Gasteiger partial charge in [0, 0.05) is 16.8 Å². The van der Waals surface area contributed by atoms with Gasteiger partial charge in [0.25, 0.3) is 0 Å². The van der Waals surface area contributed by atoms with Crippen LogP contribution in [0.2, 0.25) is 5.02 Å². The molecule has 6 heteroatoms. The van der Waals surface area contributed by atoms with Crippen LogP contribution in [0, 0.1) is 0 Å². The second kappa shape index (κ2) is 7.41. The maximum Gasteiger partial charge on any atom is 0.243 e. The molecule has 2 aromatic heterocycles. The molecule has 0 aliphatic rings. The molecule has 2 heterocycles. The lowest BCUT2D eigenvalue weighted by molar-refractivity contribution is 0.442. The Morgan fingerprint density at radius 2 is 1.86 bits per heavy atom. The zero-order valence-electron chi connectivity index (χ0n) is 15.9. The number of fused-ring (bicyclic) bond motifs is 1. The Hall–Kier alpha value is -2.63. The highest BCUT2D eigenvalue weighted by Gasteiger charge is 2.20. The molecule has 0 bridgehead atoms. The van der Waals surface area contributed by atoms with E-state index in [1.54, 1.807) is 6.20 Å². The Balaban J connectivity index is 1.66. The smallest absolute Gasteiger partial charge is 0.243 e. The van der Waals surface area contributed by atoms with Crippen LogP contribution in [0.5, 0.6) is 11.6 Å². The van der Waals surface area contributed by atoms with Crippen LogP contribution in [0.3, 0.4) is 0 Å². The van der Waals surface area contributed by atoms with Gasteiger partial charge in [0.2, 0.25) is 5.88 Å². The molecule has 28 heavy (non-hydrogen) atoms. The summed E-state index contributed by atoms with van der Waals surface area (Å²) in [5, 5.41) is 4.80. The number of hydrogen-bond acceptors (Lipinski definition) is 5. The molecule has 0 radical (unpaired) electrons. The molecule has 1 N–H and O–H groups in total. The van der Waals surface area contributed by atoms with Gasteiger partial charge in [-0.2, -0.15) is 0 Å². The van der Waals surface area contributed by atoms with Gasteiger partial charge < -0.3 is 10.1 Å². The molecule has 0 atom stereocenters. The summed E-state index contributed by atoms with van der Waals surface area (Å²) in [6.07, 6.45) is 1.72. The van der Waals surface area contributed by atoms with E-state index in [4.69, 9.17) is 16.3 Å². The number of para-hydroxylation sites is 1. The maximum absolute atomic E-state index is 6.21. The summed E-state index contributed by atoms with van der Waals surface area (Å²) in [4.78, 5) is 9.05. The number of thiazole rings is 1. The number of ether oxygens (including phenoxy) is 1. The third kappa shape index (κ3) is 3.96. The first-order valence-corrected chi connectivity index (χ1v) is 10.1. The number of rotatable bonds is 4. The van der Waals surface area contributed by atoms with Crippen molar-refractivity contribution in [2.24, 2.45) is 0 Å². The predicted molar refractivity (Wildman–Crippen MR) is 117 cm³/mol. The van der Waals surface area contributed by atoms with E-state index in [1.807, 2.05) is 48.5 Å². The standard InChI is InChI=1S/C22H20ClN3OS/c1-22(2,3)15-7-4-5-9-18(15)27-20-17(8-6-12-24-20)26-21-25-16-11-10-14(23)13-19(16)28-21/h4-13H,1-3H3,(H,25,26). The number of halogens is 1. The molecule has 0 saturated heterocycles. The molecule has 0 aliphatic carbocycles. The van der Waals surface area contributed by atoms with Crippen molar-refractivity contribution in [3.8, 4) is 11.6 Å². The Bertz CT molecular complexity index is 1130. The fourth-order valence-electron chi connectivity index (χ4n) is 2.91. The summed E-state index contributed by atoms with van der Waals surface area (Å²) in [5.74, 6) is 1.31. The molecule has 4 aromatic rings. The second-order valence-corrected chi connectivity index (χ2v) is 8.93. The van der Waals surface area contributed by atoms with Crippen molar-refractivity contribution in [2.45, 2.75) is 26.2 Å². The third-order valence-corrected chi connectivity index (χ3v) is 5.43. The lowest BCUT2D eigenvalue weighted by atomic mass is 9.86.